The van der Waals surface area contributed by atoms with Crippen LogP contribution in [0.5, 0.6) is 0 Å². The van der Waals surface area contributed by atoms with Gasteiger partial charge >= 0.3 is 0 Å². The molecular weight excluding hydrogens is 280 g/mol. The molecule has 0 saturated carbocycles. The SMILES string of the molecule is C=CC(=Nc1ccccc1-c1ccccc1)Nc1ccccc1. The standard InChI is InChI=1S/C21H18N2/c1-2-21(22-18-13-7-4-8-14-18)23-20-16-10-9-15-19(20)17-11-5-3-6-12-17/h2-16H,1H2,(H,22,23). The van der Waals surface area contributed by atoms with E-state index in [0.717, 1.165) is 28.3 Å². The van der Waals surface area contributed by atoms with Crippen LogP contribution in [0.15, 0.2) is 103 Å². The predicted octanol–water partition coefficient (Wildman–Crippen LogP) is 5.68. The molecule has 0 fully saturated rings. The Hall–Kier alpha value is -3.13. The van der Waals surface area contributed by atoms with Crippen molar-refractivity contribution < 1.29 is 0 Å². The maximum atomic E-state index is 4.74. The van der Waals surface area contributed by atoms with Crippen molar-refractivity contribution in [1.82, 2.24) is 0 Å². The summed E-state index contributed by atoms with van der Waals surface area (Å²) in [5.41, 5.74) is 4.15. The Morgan fingerprint density at radius 3 is 2.09 bits per heavy atom. The second kappa shape index (κ2) is 7.23. The molecule has 0 amide bonds. The van der Waals surface area contributed by atoms with Crippen LogP contribution in [0.4, 0.5) is 11.4 Å². The van der Waals surface area contributed by atoms with E-state index in [-0.39, 0.29) is 0 Å². The van der Waals surface area contributed by atoms with Gasteiger partial charge in [0.2, 0.25) is 0 Å². The smallest absolute Gasteiger partial charge is 0.130 e. The molecule has 112 valence electrons. The molecule has 3 aromatic carbocycles. The molecule has 0 saturated heterocycles. The number of rotatable bonds is 4. The van der Waals surface area contributed by atoms with Crippen LogP contribution in [0, 0.1) is 0 Å². The average Bonchev–Trinajstić information content (AvgIpc) is 2.63. The molecule has 0 unspecified atom stereocenters. The van der Waals surface area contributed by atoms with Crippen molar-refractivity contribution in [2.75, 3.05) is 5.32 Å². The third-order valence-electron chi connectivity index (χ3n) is 3.47. The summed E-state index contributed by atoms with van der Waals surface area (Å²) in [6.07, 6.45) is 1.73. The summed E-state index contributed by atoms with van der Waals surface area (Å²) in [7, 11) is 0. The van der Waals surface area contributed by atoms with Crippen LogP contribution in [0.2, 0.25) is 0 Å². The van der Waals surface area contributed by atoms with E-state index in [1.807, 2.05) is 66.7 Å². The van der Waals surface area contributed by atoms with Crippen LogP contribution in [0.3, 0.4) is 0 Å². The van der Waals surface area contributed by atoms with Gasteiger partial charge in [-0.2, -0.15) is 0 Å². The first-order chi connectivity index (χ1) is 11.4. The minimum atomic E-state index is 0.722. The van der Waals surface area contributed by atoms with E-state index in [1.165, 1.54) is 0 Å². The first-order valence-electron chi connectivity index (χ1n) is 7.54. The summed E-state index contributed by atoms with van der Waals surface area (Å²) in [6.45, 7) is 3.86. The summed E-state index contributed by atoms with van der Waals surface area (Å²) >= 11 is 0. The molecule has 2 nitrogen and oxygen atoms in total. The Morgan fingerprint density at radius 2 is 1.39 bits per heavy atom. The van der Waals surface area contributed by atoms with Gasteiger partial charge in [-0.1, -0.05) is 73.3 Å². The second-order valence-electron chi connectivity index (χ2n) is 5.08. The van der Waals surface area contributed by atoms with Crippen LogP contribution in [-0.4, -0.2) is 5.84 Å². The number of para-hydroxylation sites is 2. The number of amidine groups is 1. The molecule has 0 aliphatic heterocycles. The number of aliphatic imine (C=N–C) groups is 1. The Kier molecular flexibility index (Phi) is 4.65. The highest BCUT2D eigenvalue weighted by atomic mass is 15.0. The molecule has 23 heavy (non-hydrogen) atoms. The monoisotopic (exact) mass is 298 g/mol. The topological polar surface area (TPSA) is 24.4 Å². The fraction of sp³-hybridized carbons (Fsp3) is 0. The van der Waals surface area contributed by atoms with Crippen molar-refractivity contribution in [3.05, 3.63) is 97.6 Å². The quantitative estimate of drug-likeness (QED) is 0.486. The molecule has 0 aliphatic rings. The zero-order chi connectivity index (χ0) is 15.9. The van der Waals surface area contributed by atoms with Crippen molar-refractivity contribution in [1.29, 1.82) is 0 Å². The lowest BCUT2D eigenvalue weighted by Gasteiger charge is -2.09. The number of nitrogens with one attached hydrogen (secondary N) is 1. The molecule has 0 radical (unpaired) electrons. The van der Waals surface area contributed by atoms with Gasteiger partial charge in [-0.05, 0) is 29.8 Å². The molecule has 3 rings (SSSR count). The highest BCUT2D eigenvalue weighted by Gasteiger charge is 2.04. The molecule has 1 N–H and O–H groups in total. The number of anilines is 1. The normalized spacial score (nSPS) is 11.0. The molecular formula is C21H18N2. The third-order valence-corrected chi connectivity index (χ3v) is 3.47. The lowest BCUT2D eigenvalue weighted by Crippen LogP contribution is -2.07. The van der Waals surface area contributed by atoms with Crippen LogP contribution in [0.25, 0.3) is 11.1 Å². The third kappa shape index (κ3) is 3.74. The molecule has 0 spiro atoms. The fourth-order valence-electron chi connectivity index (χ4n) is 2.36. The molecule has 3 aromatic rings. The van der Waals surface area contributed by atoms with E-state index in [4.69, 9.17) is 4.99 Å². The predicted molar refractivity (Wildman–Crippen MR) is 99.2 cm³/mol. The van der Waals surface area contributed by atoms with Crippen molar-refractivity contribution in [3.8, 4) is 11.1 Å². The van der Waals surface area contributed by atoms with Gasteiger partial charge in [0.1, 0.15) is 5.84 Å². The Balaban J connectivity index is 1.96. The molecule has 2 heteroatoms. The maximum absolute atomic E-state index is 4.74. The van der Waals surface area contributed by atoms with Gasteiger partial charge in [0.15, 0.2) is 0 Å². The molecule has 0 bridgehead atoms. The number of nitrogens with zero attached hydrogens (tertiary/aromatic N) is 1. The summed E-state index contributed by atoms with van der Waals surface area (Å²) in [5.74, 6) is 0.722. The fourth-order valence-corrected chi connectivity index (χ4v) is 2.36. The van der Waals surface area contributed by atoms with E-state index in [0.29, 0.717) is 0 Å². The molecule has 0 atom stereocenters. The lowest BCUT2D eigenvalue weighted by atomic mass is 10.0. The highest BCUT2D eigenvalue weighted by molar-refractivity contribution is 6.05. The zero-order valence-electron chi connectivity index (χ0n) is 12.8. The molecule has 0 heterocycles. The van der Waals surface area contributed by atoms with Gasteiger partial charge in [-0.15, -0.1) is 0 Å². The Bertz CT molecular complexity index is 806. The van der Waals surface area contributed by atoms with Crippen molar-refractivity contribution in [3.63, 3.8) is 0 Å². The summed E-state index contributed by atoms with van der Waals surface area (Å²) in [5, 5.41) is 3.29. The summed E-state index contributed by atoms with van der Waals surface area (Å²) in [6, 6.07) is 28.3. The zero-order valence-corrected chi connectivity index (χ0v) is 12.8. The van der Waals surface area contributed by atoms with Crippen molar-refractivity contribution in [2.24, 2.45) is 4.99 Å². The van der Waals surface area contributed by atoms with Gasteiger partial charge in [0.25, 0.3) is 0 Å². The minimum Gasteiger partial charge on any atom is -0.340 e. The number of hydrogen-bond donors (Lipinski definition) is 1. The number of hydrogen-bond acceptors (Lipinski definition) is 1. The summed E-state index contributed by atoms with van der Waals surface area (Å²) < 4.78 is 0. The largest absolute Gasteiger partial charge is 0.340 e. The van der Waals surface area contributed by atoms with E-state index < -0.39 is 0 Å². The van der Waals surface area contributed by atoms with Crippen LogP contribution in [-0.2, 0) is 0 Å². The van der Waals surface area contributed by atoms with Crippen LogP contribution >= 0.6 is 0 Å². The van der Waals surface area contributed by atoms with Gasteiger partial charge < -0.3 is 5.32 Å². The van der Waals surface area contributed by atoms with Crippen molar-refractivity contribution in [2.45, 2.75) is 0 Å². The van der Waals surface area contributed by atoms with E-state index >= 15 is 0 Å². The van der Waals surface area contributed by atoms with Crippen LogP contribution < -0.4 is 5.32 Å². The van der Waals surface area contributed by atoms with Gasteiger partial charge in [0, 0.05) is 11.3 Å². The Morgan fingerprint density at radius 1 is 0.783 bits per heavy atom. The van der Waals surface area contributed by atoms with E-state index in [1.54, 1.807) is 6.08 Å². The number of benzene rings is 3. The molecule has 0 aliphatic carbocycles. The van der Waals surface area contributed by atoms with E-state index in [2.05, 4.69) is 30.1 Å². The molecule has 0 aromatic heterocycles. The van der Waals surface area contributed by atoms with E-state index in [9.17, 15) is 0 Å². The lowest BCUT2D eigenvalue weighted by molar-refractivity contribution is 1.48. The summed E-state index contributed by atoms with van der Waals surface area (Å²) in [4.78, 5) is 4.74. The minimum absolute atomic E-state index is 0.722. The van der Waals surface area contributed by atoms with Crippen molar-refractivity contribution >= 4 is 17.2 Å². The van der Waals surface area contributed by atoms with Crippen LogP contribution in [0.1, 0.15) is 0 Å². The van der Waals surface area contributed by atoms with Gasteiger partial charge in [-0.25, -0.2) is 4.99 Å². The highest BCUT2D eigenvalue weighted by Crippen LogP contribution is 2.30. The second-order valence-corrected chi connectivity index (χ2v) is 5.08. The average molecular weight is 298 g/mol. The van der Waals surface area contributed by atoms with Gasteiger partial charge in [-0.3, -0.25) is 0 Å². The first kappa shape index (κ1) is 14.8. The maximum Gasteiger partial charge on any atom is 0.130 e. The first-order valence-corrected chi connectivity index (χ1v) is 7.54. The van der Waals surface area contributed by atoms with Gasteiger partial charge in [0.05, 0.1) is 5.69 Å². The Labute approximate surface area is 136 Å².